The Bertz CT molecular complexity index is 206. The number of rotatable bonds is 10. The number of halogens is 1. The van der Waals surface area contributed by atoms with Gasteiger partial charge in [-0.1, -0.05) is 12.8 Å². The van der Waals surface area contributed by atoms with E-state index in [0.29, 0.717) is 12.6 Å². The molecule has 0 heterocycles. The smallest absolute Gasteiger partial charge is 0.188 e. The largest absolute Gasteiger partial charge is 0.383 e. The van der Waals surface area contributed by atoms with Crippen molar-refractivity contribution in [2.24, 2.45) is 10.7 Å². The second-order valence-electron chi connectivity index (χ2n) is 4.17. The molecule has 0 bridgehead atoms. The van der Waals surface area contributed by atoms with Gasteiger partial charge in [0.15, 0.2) is 5.96 Å². The fourth-order valence-corrected chi connectivity index (χ4v) is 1.99. The van der Waals surface area contributed by atoms with Crippen molar-refractivity contribution < 1.29 is 4.74 Å². The van der Waals surface area contributed by atoms with E-state index in [-0.39, 0.29) is 30.0 Å². The number of nitrogens with zero attached hydrogens (tertiary/aromatic N) is 1. The van der Waals surface area contributed by atoms with Crippen LogP contribution in [0.1, 0.15) is 32.6 Å². The minimum Gasteiger partial charge on any atom is -0.383 e. The van der Waals surface area contributed by atoms with Crippen LogP contribution in [0.4, 0.5) is 0 Å². The van der Waals surface area contributed by atoms with Crippen molar-refractivity contribution >= 4 is 41.7 Å². The van der Waals surface area contributed by atoms with Crippen LogP contribution in [0.2, 0.25) is 0 Å². The molecule has 0 aromatic heterocycles. The van der Waals surface area contributed by atoms with Crippen LogP contribution < -0.4 is 11.1 Å². The van der Waals surface area contributed by atoms with Crippen molar-refractivity contribution in [3.05, 3.63) is 0 Å². The first kappa shape index (κ1) is 20.6. The molecular weight excluding hydrogens is 361 g/mol. The summed E-state index contributed by atoms with van der Waals surface area (Å²) in [6.45, 7) is 3.48. The predicted molar refractivity (Wildman–Crippen MR) is 93.2 cm³/mol. The van der Waals surface area contributed by atoms with E-state index in [1.807, 2.05) is 18.7 Å². The highest BCUT2D eigenvalue weighted by Gasteiger charge is 2.00. The Hall–Kier alpha value is 0.310. The van der Waals surface area contributed by atoms with Crippen LogP contribution in [0, 0.1) is 0 Å². The fourth-order valence-electron chi connectivity index (χ4n) is 1.50. The zero-order valence-corrected chi connectivity index (χ0v) is 14.9. The number of hydrogen-bond acceptors (Lipinski definition) is 3. The van der Waals surface area contributed by atoms with Gasteiger partial charge in [0, 0.05) is 19.7 Å². The van der Waals surface area contributed by atoms with Gasteiger partial charge >= 0.3 is 0 Å². The zero-order chi connectivity index (χ0) is 12.9. The van der Waals surface area contributed by atoms with Gasteiger partial charge in [-0.2, -0.15) is 11.8 Å². The van der Waals surface area contributed by atoms with Gasteiger partial charge < -0.3 is 15.8 Å². The quantitative estimate of drug-likeness (QED) is 0.261. The minimum atomic E-state index is 0. The standard InChI is InChI=1S/C12H27N3OS.HI/c1-11(10-16-2)15-12(13)14-8-6-4-5-7-9-17-3;/h11H,4-10H2,1-3H3,(H3,13,14,15);1H. The molecule has 0 aliphatic heterocycles. The third kappa shape index (κ3) is 14.4. The molecule has 0 aromatic rings. The molecule has 18 heavy (non-hydrogen) atoms. The lowest BCUT2D eigenvalue weighted by molar-refractivity contribution is 0.179. The maximum absolute atomic E-state index is 5.75. The molecule has 110 valence electrons. The topological polar surface area (TPSA) is 59.6 Å². The number of thioether (sulfide) groups is 1. The lowest BCUT2D eigenvalue weighted by Gasteiger charge is -2.12. The molecule has 0 radical (unpaired) electrons. The highest BCUT2D eigenvalue weighted by atomic mass is 127. The Labute approximate surface area is 133 Å². The molecule has 4 nitrogen and oxygen atoms in total. The first-order valence-corrected chi connectivity index (χ1v) is 7.64. The normalized spacial score (nSPS) is 12.9. The number of unbranched alkanes of at least 4 members (excludes halogenated alkanes) is 3. The van der Waals surface area contributed by atoms with E-state index in [1.165, 1.54) is 25.0 Å². The molecule has 0 fully saturated rings. The number of ether oxygens (including phenoxy) is 1. The Kier molecular flexibility index (Phi) is 17.6. The fraction of sp³-hybridized carbons (Fsp3) is 0.917. The van der Waals surface area contributed by atoms with Crippen molar-refractivity contribution in [3.63, 3.8) is 0 Å². The maximum Gasteiger partial charge on any atom is 0.188 e. The molecule has 0 aliphatic carbocycles. The molecule has 0 saturated carbocycles. The van der Waals surface area contributed by atoms with Crippen LogP contribution in [0.5, 0.6) is 0 Å². The third-order valence-electron chi connectivity index (χ3n) is 2.35. The summed E-state index contributed by atoms with van der Waals surface area (Å²) in [4.78, 5) is 4.29. The van der Waals surface area contributed by atoms with Gasteiger partial charge in [0.05, 0.1) is 6.61 Å². The Morgan fingerprint density at radius 2 is 2.00 bits per heavy atom. The van der Waals surface area contributed by atoms with Gasteiger partial charge in [-0.3, -0.25) is 4.99 Å². The summed E-state index contributed by atoms with van der Waals surface area (Å²) in [6, 6.07) is 0.213. The Morgan fingerprint density at radius 3 is 2.61 bits per heavy atom. The summed E-state index contributed by atoms with van der Waals surface area (Å²) in [7, 11) is 1.68. The Balaban J connectivity index is 0. The highest BCUT2D eigenvalue weighted by molar-refractivity contribution is 14.0. The monoisotopic (exact) mass is 389 g/mol. The number of hydrogen-bond donors (Lipinski definition) is 2. The van der Waals surface area contributed by atoms with Gasteiger partial charge in [0.1, 0.15) is 0 Å². The van der Waals surface area contributed by atoms with Crippen molar-refractivity contribution in [2.75, 3.05) is 32.3 Å². The molecule has 0 saturated heterocycles. The average Bonchev–Trinajstić information content (AvgIpc) is 2.28. The molecule has 1 atom stereocenters. The molecule has 6 heteroatoms. The number of aliphatic imine (C=N–C) groups is 1. The van der Waals surface area contributed by atoms with Crippen molar-refractivity contribution in [2.45, 2.75) is 38.6 Å². The van der Waals surface area contributed by atoms with E-state index >= 15 is 0 Å². The van der Waals surface area contributed by atoms with Gasteiger partial charge in [-0.05, 0) is 31.8 Å². The van der Waals surface area contributed by atoms with Gasteiger partial charge in [-0.25, -0.2) is 0 Å². The van der Waals surface area contributed by atoms with Crippen LogP contribution in [-0.2, 0) is 4.74 Å². The molecular formula is C12H28IN3OS. The van der Waals surface area contributed by atoms with Crippen molar-refractivity contribution in [3.8, 4) is 0 Å². The SMILES string of the molecule is COCC(C)NC(N)=NCCCCCCSC.I. The second kappa shape index (κ2) is 15.4. The molecule has 3 N–H and O–H groups in total. The summed E-state index contributed by atoms with van der Waals surface area (Å²) in [5, 5.41) is 3.09. The summed E-state index contributed by atoms with van der Waals surface area (Å²) in [5.41, 5.74) is 5.75. The number of methoxy groups -OCH3 is 1. The van der Waals surface area contributed by atoms with Gasteiger partial charge in [-0.15, -0.1) is 24.0 Å². The average molecular weight is 389 g/mol. The van der Waals surface area contributed by atoms with Crippen LogP contribution in [0.25, 0.3) is 0 Å². The predicted octanol–water partition coefficient (Wildman–Crippen LogP) is 2.47. The van der Waals surface area contributed by atoms with Gasteiger partial charge in [0.25, 0.3) is 0 Å². The molecule has 0 spiro atoms. The zero-order valence-electron chi connectivity index (χ0n) is 11.8. The first-order chi connectivity index (χ1) is 8.20. The summed E-state index contributed by atoms with van der Waals surface area (Å²) >= 11 is 1.91. The highest BCUT2D eigenvalue weighted by Crippen LogP contribution is 2.04. The Morgan fingerprint density at radius 1 is 1.33 bits per heavy atom. The number of guanidine groups is 1. The van der Waals surface area contributed by atoms with E-state index in [0.717, 1.165) is 13.0 Å². The van der Waals surface area contributed by atoms with E-state index < -0.39 is 0 Å². The number of nitrogens with two attached hydrogens (primary N) is 1. The molecule has 1 unspecified atom stereocenters. The molecule has 0 aromatic carbocycles. The van der Waals surface area contributed by atoms with Crippen LogP contribution in [0.15, 0.2) is 4.99 Å². The van der Waals surface area contributed by atoms with E-state index in [1.54, 1.807) is 7.11 Å². The molecule has 0 aliphatic rings. The lowest BCUT2D eigenvalue weighted by atomic mass is 10.2. The molecule has 0 amide bonds. The molecule has 0 rings (SSSR count). The van der Waals surface area contributed by atoms with Crippen LogP contribution in [-0.4, -0.2) is 44.3 Å². The first-order valence-electron chi connectivity index (χ1n) is 6.25. The van der Waals surface area contributed by atoms with Gasteiger partial charge in [0.2, 0.25) is 0 Å². The van der Waals surface area contributed by atoms with Crippen molar-refractivity contribution in [1.82, 2.24) is 5.32 Å². The van der Waals surface area contributed by atoms with E-state index in [2.05, 4.69) is 16.6 Å². The maximum atomic E-state index is 5.75. The van der Waals surface area contributed by atoms with Crippen LogP contribution >= 0.6 is 35.7 Å². The number of nitrogens with one attached hydrogen (secondary N) is 1. The summed E-state index contributed by atoms with van der Waals surface area (Å²) in [6.07, 6.45) is 7.12. The van der Waals surface area contributed by atoms with E-state index in [9.17, 15) is 0 Å². The van der Waals surface area contributed by atoms with E-state index in [4.69, 9.17) is 10.5 Å². The lowest BCUT2D eigenvalue weighted by Crippen LogP contribution is -2.40. The summed E-state index contributed by atoms with van der Waals surface area (Å²) < 4.78 is 5.01. The minimum absolute atomic E-state index is 0. The van der Waals surface area contributed by atoms with Crippen LogP contribution in [0.3, 0.4) is 0 Å². The third-order valence-corrected chi connectivity index (χ3v) is 3.05. The second-order valence-corrected chi connectivity index (χ2v) is 5.16. The summed E-state index contributed by atoms with van der Waals surface area (Å²) in [5.74, 6) is 1.79. The van der Waals surface area contributed by atoms with Crippen molar-refractivity contribution in [1.29, 1.82) is 0 Å².